The molecule has 0 amide bonds. The van der Waals surface area contributed by atoms with Gasteiger partial charge in [0.2, 0.25) is 0 Å². The van der Waals surface area contributed by atoms with Gasteiger partial charge in [-0.3, -0.25) is 9.25 Å². The van der Waals surface area contributed by atoms with E-state index in [0.29, 0.717) is 17.4 Å². The van der Waals surface area contributed by atoms with Crippen LogP contribution in [0.25, 0.3) is 0 Å². The average molecular weight is 282 g/mol. The van der Waals surface area contributed by atoms with E-state index in [2.05, 4.69) is 22.2 Å². The number of hydrogen-bond donors (Lipinski definition) is 2. The topological polar surface area (TPSA) is 94.5 Å². The fourth-order valence-electron chi connectivity index (χ4n) is 1.79. The molecule has 2 aromatic rings. The van der Waals surface area contributed by atoms with Gasteiger partial charge in [0.05, 0.1) is 11.4 Å². The molecule has 0 unspecified atom stereocenters. The summed E-state index contributed by atoms with van der Waals surface area (Å²) in [5.74, 6) is 0. The first-order valence-electron chi connectivity index (χ1n) is 6.24. The summed E-state index contributed by atoms with van der Waals surface area (Å²) in [6.07, 6.45) is 0.968. The Labute approximate surface area is 115 Å². The van der Waals surface area contributed by atoms with E-state index in [-0.39, 0.29) is 5.69 Å². The van der Waals surface area contributed by atoms with Crippen LogP contribution in [0.5, 0.6) is 0 Å². The molecule has 0 aliphatic carbocycles. The zero-order valence-corrected chi connectivity index (χ0v) is 12.1. The van der Waals surface area contributed by atoms with E-state index >= 15 is 0 Å². The maximum Gasteiger partial charge on any atom is 0.343 e. The van der Waals surface area contributed by atoms with Gasteiger partial charge in [-0.1, -0.05) is 6.92 Å². The van der Waals surface area contributed by atoms with Crippen LogP contribution in [-0.2, 0) is 13.1 Å². The molecule has 2 heterocycles. The molecule has 104 valence electrons. The van der Waals surface area contributed by atoms with E-state index in [9.17, 15) is 4.79 Å². The van der Waals surface area contributed by atoms with Gasteiger partial charge in [-0.2, -0.15) is 5.10 Å². The van der Waals surface area contributed by atoms with Crippen molar-refractivity contribution in [1.29, 1.82) is 0 Å². The lowest BCUT2D eigenvalue weighted by Crippen LogP contribution is -2.16. The Balaban J connectivity index is 2.39. The Kier molecular flexibility index (Phi) is 3.98. The van der Waals surface area contributed by atoms with Crippen LogP contribution in [0.2, 0.25) is 0 Å². The van der Waals surface area contributed by atoms with Gasteiger partial charge < -0.3 is 5.73 Å². The Morgan fingerprint density at radius 2 is 2.16 bits per heavy atom. The number of nitrogens with zero attached hydrogens (tertiary/aromatic N) is 4. The van der Waals surface area contributed by atoms with Gasteiger partial charge in [-0.25, -0.2) is 9.89 Å². The molecule has 0 aromatic carbocycles. The molecule has 0 atom stereocenters. The first-order chi connectivity index (χ1) is 9.08. The van der Waals surface area contributed by atoms with Gasteiger partial charge in [0.25, 0.3) is 0 Å². The third kappa shape index (κ3) is 2.53. The summed E-state index contributed by atoms with van der Waals surface area (Å²) < 4.78 is 3.44. The highest BCUT2D eigenvalue weighted by molar-refractivity contribution is 7.99. The van der Waals surface area contributed by atoms with Crippen LogP contribution in [0.1, 0.15) is 26.0 Å². The molecule has 0 radical (unpaired) electrons. The van der Waals surface area contributed by atoms with Gasteiger partial charge in [0.1, 0.15) is 5.03 Å². The smallest absolute Gasteiger partial charge is 0.343 e. The fraction of sp³-hybridized carbons (Fsp3) is 0.545. The number of nitrogens with two attached hydrogens (primary N) is 1. The molecule has 0 fully saturated rings. The number of aromatic nitrogens is 5. The highest BCUT2D eigenvalue weighted by atomic mass is 32.2. The van der Waals surface area contributed by atoms with Crippen LogP contribution in [0, 0.1) is 6.92 Å². The summed E-state index contributed by atoms with van der Waals surface area (Å²) >= 11 is 1.37. The van der Waals surface area contributed by atoms with Gasteiger partial charge in [0, 0.05) is 13.1 Å². The van der Waals surface area contributed by atoms with Crippen molar-refractivity contribution < 1.29 is 0 Å². The maximum absolute atomic E-state index is 11.5. The second kappa shape index (κ2) is 5.52. The Bertz CT molecular complexity index is 626. The minimum absolute atomic E-state index is 0.207. The largest absolute Gasteiger partial charge is 0.395 e. The minimum Gasteiger partial charge on any atom is -0.395 e. The van der Waals surface area contributed by atoms with Gasteiger partial charge >= 0.3 is 5.69 Å². The molecule has 19 heavy (non-hydrogen) atoms. The third-order valence-electron chi connectivity index (χ3n) is 2.79. The predicted molar refractivity (Wildman–Crippen MR) is 74.3 cm³/mol. The molecule has 8 heteroatoms. The van der Waals surface area contributed by atoms with Crippen LogP contribution in [0.3, 0.4) is 0 Å². The summed E-state index contributed by atoms with van der Waals surface area (Å²) in [5.41, 5.74) is 7.30. The van der Waals surface area contributed by atoms with Crippen molar-refractivity contribution in [1.82, 2.24) is 24.5 Å². The molecule has 0 aliphatic heterocycles. The molecular weight excluding hydrogens is 264 g/mol. The SMILES string of the molecule is CCCn1nc(C)c(N)c1Sc1n[nH]c(=O)n1CC. The number of rotatable bonds is 5. The molecule has 7 nitrogen and oxygen atoms in total. The van der Waals surface area contributed by atoms with Crippen molar-refractivity contribution in [3.05, 3.63) is 16.2 Å². The quantitative estimate of drug-likeness (QED) is 0.860. The van der Waals surface area contributed by atoms with E-state index in [0.717, 1.165) is 23.7 Å². The summed E-state index contributed by atoms with van der Waals surface area (Å²) in [6, 6.07) is 0. The lowest BCUT2D eigenvalue weighted by Gasteiger charge is -2.06. The average Bonchev–Trinajstić information content (AvgIpc) is 2.86. The zero-order valence-electron chi connectivity index (χ0n) is 11.3. The molecular formula is C11H18N6OS. The van der Waals surface area contributed by atoms with E-state index < -0.39 is 0 Å². The first-order valence-corrected chi connectivity index (χ1v) is 7.06. The van der Waals surface area contributed by atoms with Gasteiger partial charge in [-0.15, -0.1) is 5.10 Å². The Morgan fingerprint density at radius 3 is 2.79 bits per heavy atom. The monoisotopic (exact) mass is 282 g/mol. The van der Waals surface area contributed by atoms with Gasteiger partial charge in [-0.05, 0) is 32.0 Å². The molecule has 3 N–H and O–H groups in total. The van der Waals surface area contributed by atoms with Crippen LogP contribution < -0.4 is 11.4 Å². The van der Waals surface area contributed by atoms with Gasteiger partial charge in [0.15, 0.2) is 5.16 Å². The Morgan fingerprint density at radius 1 is 1.42 bits per heavy atom. The van der Waals surface area contributed by atoms with Crippen LogP contribution in [0.4, 0.5) is 5.69 Å². The number of aromatic amines is 1. The summed E-state index contributed by atoms with van der Waals surface area (Å²) in [4.78, 5) is 11.5. The van der Waals surface area contributed by atoms with Crippen molar-refractivity contribution >= 4 is 17.4 Å². The molecule has 0 saturated heterocycles. The van der Waals surface area contributed by atoms with Crippen molar-refractivity contribution in [2.45, 2.75) is 50.5 Å². The molecule has 0 spiro atoms. The Hall–Kier alpha value is -1.70. The number of aryl methyl sites for hydroxylation is 2. The standard InChI is InChI=1S/C11H18N6OS/c1-4-6-17-9(8(12)7(3)15-17)19-11-14-13-10(18)16(11)5-2/h4-6,12H2,1-3H3,(H,13,18). The number of nitrogens with one attached hydrogen (secondary N) is 1. The van der Waals surface area contributed by atoms with Crippen LogP contribution in [0.15, 0.2) is 15.0 Å². The summed E-state index contributed by atoms with van der Waals surface area (Å²) in [6.45, 7) is 7.22. The van der Waals surface area contributed by atoms with E-state index in [1.165, 1.54) is 11.8 Å². The zero-order chi connectivity index (χ0) is 14.0. The maximum atomic E-state index is 11.5. The minimum atomic E-state index is -0.207. The van der Waals surface area contributed by atoms with Crippen molar-refractivity contribution in [2.75, 3.05) is 5.73 Å². The molecule has 2 rings (SSSR count). The van der Waals surface area contributed by atoms with Crippen LogP contribution >= 0.6 is 11.8 Å². The van der Waals surface area contributed by atoms with Crippen molar-refractivity contribution in [3.8, 4) is 0 Å². The lowest BCUT2D eigenvalue weighted by atomic mass is 10.4. The number of H-pyrrole nitrogens is 1. The van der Waals surface area contributed by atoms with E-state index in [1.807, 2.05) is 18.5 Å². The summed E-state index contributed by atoms with van der Waals surface area (Å²) in [5, 5.41) is 12.3. The fourth-order valence-corrected chi connectivity index (χ4v) is 2.87. The molecule has 0 saturated carbocycles. The number of hydrogen-bond acceptors (Lipinski definition) is 5. The normalized spacial score (nSPS) is 11.1. The van der Waals surface area contributed by atoms with E-state index in [1.54, 1.807) is 4.57 Å². The predicted octanol–water partition coefficient (Wildman–Crippen LogP) is 1.24. The lowest BCUT2D eigenvalue weighted by molar-refractivity contribution is 0.554. The van der Waals surface area contributed by atoms with E-state index in [4.69, 9.17) is 5.73 Å². The first kappa shape index (κ1) is 13.7. The molecule has 2 aromatic heterocycles. The number of anilines is 1. The molecule has 0 bridgehead atoms. The molecule has 0 aliphatic rings. The van der Waals surface area contributed by atoms with Crippen molar-refractivity contribution in [3.63, 3.8) is 0 Å². The summed E-state index contributed by atoms with van der Waals surface area (Å²) in [7, 11) is 0. The highest BCUT2D eigenvalue weighted by Gasteiger charge is 2.17. The second-order valence-electron chi connectivity index (χ2n) is 4.19. The third-order valence-corrected chi connectivity index (χ3v) is 3.91. The second-order valence-corrected chi connectivity index (χ2v) is 5.14. The van der Waals surface area contributed by atoms with Crippen LogP contribution in [-0.4, -0.2) is 24.5 Å². The number of nitrogen functional groups attached to an aromatic ring is 1. The van der Waals surface area contributed by atoms with Crippen molar-refractivity contribution in [2.24, 2.45) is 0 Å². The highest BCUT2D eigenvalue weighted by Crippen LogP contribution is 2.32.